The Morgan fingerprint density at radius 1 is 1.06 bits per heavy atom. The summed E-state index contributed by atoms with van der Waals surface area (Å²) >= 11 is 0. The zero-order chi connectivity index (χ0) is 25.7. The van der Waals surface area contributed by atoms with Crippen LogP contribution < -0.4 is 15.6 Å². The smallest absolute Gasteiger partial charge is 0.263 e. The predicted molar refractivity (Wildman–Crippen MR) is 142 cm³/mol. The minimum Gasteiger partial charge on any atom is -0.497 e. The van der Waals surface area contributed by atoms with Crippen LogP contribution in [0.25, 0.3) is 33.5 Å². The van der Waals surface area contributed by atoms with Crippen molar-refractivity contribution in [2.24, 2.45) is 0 Å². The zero-order valence-corrected chi connectivity index (χ0v) is 21.1. The number of rotatable bonds is 9. The van der Waals surface area contributed by atoms with Crippen molar-refractivity contribution >= 4 is 16.9 Å². The van der Waals surface area contributed by atoms with Crippen molar-refractivity contribution in [3.63, 3.8) is 0 Å². The molecule has 1 N–H and O–H groups in total. The van der Waals surface area contributed by atoms with Gasteiger partial charge in [0.1, 0.15) is 18.1 Å². The molecule has 0 atom stereocenters. The summed E-state index contributed by atoms with van der Waals surface area (Å²) in [5, 5.41) is 3.21. The first-order valence-electron chi connectivity index (χ1n) is 12.0. The molecule has 0 aliphatic heterocycles. The number of pyridine rings is 1. The summed E-state index contributed by atoms with van der Waals surface area (Å²) in [6, 6.07) is 17.2. The molecule has 4 aromatic rings. The highest BCUT2D eigenvalue weighted by molar-refractivity contribution is 5.83. The lowest BCUT2D eigenvalue weighted by Crippen LogP contribution is -2.34. The van der Waals surface area contributed by atoms with Crippen molar-refractivity contribution in [1.29, 1.82) is 0 Å². The number of carbonyl (C=O) groups excluding carboxylic acids is 1. The molecule has 0 aliphatic rings. The maximum absolute atomic E-state index is 13.7. The second-order valence-electron chi connectivity index (χ2n) is 8.94. The summed E-state index contributed by atoms with van der Waals surface area (Å²) in [4.78, 5) is 37.7. The van der Waals surface area contributed by atoms with E-state index in [1.165, 1.54) is 4.57 Å². The minimum absolute atomic E-state index is 0.142. The Kier molecular flexibility index (Phi) is 7.75. The van der Waals surface area contributed by atoms with Crippen molar-refractivity contribution in [3.8, 4) is 28.3 Å². The number of fused-ring (bicyclic) bond motifs is 1. The summed E-state index contributed by atoms with van der Waals surface area (Å²) < 4.78 is 6.77. The number of methoxy groups -OCH3 is 1. The van der Waals surface area contributed by atoms with Crippen LogP contribution in [0, 0.1) is 0 Å². The van der Waals surface area contributed by atoms with Crippen molar-refractivity contribution in [1.82, 2.24) is 24.8 Å². The molecule has 36 heavy (non-hydrogen) atoms. The summed E-state index contributed by atoms with van der Waals surface area (Å²) in [6.45, 7) is 3.18. The van der Waals surface area contributed by atoms with E-state index >= 15 is 0 Å². The van der Waals surface area contributed by atoms with Crippen LogP contribution in [0.1, 0.15) is 18.9 Å². The highest BCUT2D eigenvalue weighted by Gasteiger charge is 2.17. The number of nitrogens with zero attached hydrogens (tertiary/aromatic N) is 4. The lowest BCUT2D eigenvalue weighted by Gasteiger charge is -2.15. The Morgan fingerprint density at radius 2 is 1.83 bits per heavy atom. The molecule has 0 saturated carbocycles. The van der Waals surface area contributed by atoms with Crippen LogP contribution in [0.4, 0.5) is 0 Å². The molecule has 8 nitrogen and oxygen atoms in total. The van der Waals surface area contributed by atoms with Gasteiger partial charge in [0.2, 0.25) is 5.91 Å². The number of ether oxygens (including phenoxy) is 1. The molecule has 2 aromatic heterocycles. The summed E-state index contributed by atoms with van der Waals surface area (Å²) in [7, 11) is 5.62. The van der Waals surface area contributed by atoms with Gasteiger partial charge in [-0.1, -0.05) is 37.3 Å². The molecule has 8 heteroatoms. The summed E-state index contributed by atoms with van der Waals surface area (Å²) in [6.07, 6.45) is 2.54. The lowest BCUT2D eigenvalue weighted by atomic mass is 10.0. The first-order chi connectivity index (χ1) is 17.4. The SMILES string of the molecule is CCCNC(=O)Cn1c(-c2cccc(OC)c2)nc2ncc(-c3cccc(CN(C)C)c3)cc2c1=O. The second kappa shape index (κ2) is 11.1. The van der Waals surface area contributed by atoms with Crippen molar-refractivity contribution in [3.05, 3.63) is 76.7 Å². The van der Waals surface area contributed by atoms with Crippen LogP contribution in [0.2, 0.25) is 0 Å². The number of benzene rings is 2. The van der Waals surface area contributed by atoms with E-state index in [-0.39, 0.29) is 18.0 Å². The highest BCUT2D eigenvalue weighted by Crippen LogP contribution is 2.26. The van der Waals surface area contributed by atoms with Gasteiger partial charge in [0.05, 0.1) is 12.5 Å². The van der Waals surface area contributed by atoms with E-state index in [1.54, 1.807) is 19.4 Å². The normalized spacial score (nSPS) is 11.1. The molecular weight excluding hydrogens is 454 g/mol. The standard InChI is InChI=1S/C28H31N5O3/c1-5-12-29-25(34)18-33-27(21-10-7-11-23(14-21)36-4)31-26-24(28(33)35)15-22(16-30-26)20-9-6-8-19(13-20)17-32(2)3/h6-11,13-16H,5,12,17-18H2,1-4H3,(H,29,34). The van der Waals surface area contributed by atoms with Gasteiger partial charge in [-0.2, -0.15) is 0 Å². The first-order valence-corrected chi connectivity index (χ1v) is 12.0. The van der Waals surface area contributed by atoms with Crippen molar-refractivity contribution < 1.29 is 9.53 Å². The largest absolute Gasteiger partial charge is 0.497 e. The van der Waals surface area contributed by atoms with Gasteiger partial charge in [-0.05, 0) is 55.9 Å². The maximum Gasteiger partial charge on any atom is 0.263 e. The average molecular weight is 486 g/mol. The summed E-state index contributed by atoms with van der Waals surface area (Å²) in [5.41, 5.74) is 3.62. The van der Waals surface area contributed by atoms with E-state index in [4.69, 9.17) is 9.72 Å². The van der Waals surface area contributed by atoms with Crippen LogP contribution in [-0.4, -0.2) is 53.1 Å². The molecule has 0 unspecified atom stereocenters. The van der Waals surface area contributed by atoms with Gasteiger partial charge in [-0.15, -0.1) is 0 Å². The van der Waals surface area contributed by atoms with E-state index in [2.05, 4.69) is 27.3 Å². The lowest BCUT2D eigenvalue weighted by molar-refractivity contribution is -0.121. The molecule has 186 valence electrons. The Balaban J connectivity index is 1.85. The van der Waals surface area contributed by atoms with Crippen molar-refractivity contribution in [2.75, 3.05) is 27.7 Å². The van der Waals surface area contributed by atoms with Crippen LogP contribution in [-0.2, 0) is 17.9 Å². The van der Waals surface area contributed by atoms with Gasteiger partial charge >= 0.3 is 0 Å². The zero-order valence-electron chi connectivity index (χ0n) is 21.1. The fourth-order valence-electron chi connectivity index (χ4n) is 4.07. The van der Waals surface area contributed by atoms with E-state index < -0.39 is 0 Å². The molecule has 0 spiro atoms. The van der Waals surface area contributed by atoms with E-state index in [1.807, 2.05) is 57.4 Å². The fraction of sp³-hybridized carbons (Fsp3) is 0.286. The molecule has 4 rings (SSSR count). The number of aromatic nitrogens is 3. The Labute approximate surface area is 210 Å². The van der Waals surface area contributed by atoms with Gasteiger partial charge < -0.3 is 15.0 Å². The quantitative estimate of drug-likeness (QED) is 0.389. The Hall–Kier alpha value is -4.04. The maximum atomic E-state index is 13.7. The van der Waals surface area contributed by atoms with Crippen LogP contribution >= 0.6 is 0 Å². The van der Waals surface area contributed by atoms with Gasteiger partial charge in [0.15, 0.2) is 5.65 Å². The molecule has 0 fully saturated rings. The van der Waals surface area contributed by atoms with Gasteiger partial charge in [0, 0.05) is 30.4 Å². The first kappa shape index (κ1) is 25.1. The second-order valence-corrected chi connectivity index (χ2v) is 8.94. The van der Waals surface area contributed by atoms with E-state index in [0.717, 1.165) is 29.7 Å². The number of hydrogen-bond acceptors (Lipinski definition) is 6. The third kappa shape index (κ3) is 5.60. The highest BCUT2D eigenvalue weighted by atomic mass is 16.5. The summed E-state index contributed by atoms with van der Waals surface area (Å²) in [5.74, 6) is 0.751. The molecule has 0 aliphatic carbocycles. The van der Waals surface area contributed by atoms with Crippen LogP contribution in [0.5, 0.6) is 5.75 Å². The van der Waals surface area contributed by atoms with Gasteiger partial charge in [0.25, 0.3) is 5.56 Å². The molecular formula is C28H31N5O3. The molecule has 0 radical (unpaired) electrons. The predicted octanol–water partition coefficient (Wildman–Crippen LogP) is 3.72. The topological polar surface area (TPSA) is 89.3 Å². The van der Waals surface area contributed by atoms with Crippen molar-refractivity contribution in [2.45, 2.75) is 26.4 Å². The van der Waals surface area contributed by atoms with Gasteiger partial charge in [-0.3, -0.25) is 14.2 Å². The minimum atomic E-state index is -0.316. The Bertz CT molecular complexity index is 1450. The number of carbonyl (C=O) groups is 1. The number of amides is 1. The molecule has 0 bridgehead atoms. The fourth-order valence-corrected chi connectivity index (χ4v) is 4.07. The Morgan fingerprint density at radius 3 is 2.58 bits per heavy atom. The number of hydrogen-bond donors (Lipinski definition) is 1. The number of nitrogens with one attached hydrogen (secondary N) is 1. The average Bonchev–Trinajstić information content (AvgIpc) is 2.88. The molecule has 2 aromatic carbocycles. The molecule has 2 heterocycles. The van der Waals surface area contributed by atoms with E-state index in [0.29, 0.717) is 34.7 Å². The third-order valence-corrected chi connectivity index (χ3v) is 5.77. The molecule has 0 saturated heterocycles. The third-order valence-electron chi connectivity index (χ3n) is 5.77. The van der Waals surface area contributed by atoms with Crippen LogP contribution in [0.3, 0.4) is 0 Å². The monoisotopic (exact) mass is 485 g/mol. The van der Waals surface area contributed by atoms with E-state index in [9.17, 15) is 9.59 Å². The molecule has 1 amide bonds. The van der Waals surface area contributed by atoms with Gasteiger partial charge in [-0.25, -0.2) is 9.97 Å². The van der Waals surface area contributed by atoms with Crippen LogP contribution in [0.15, 0.2) is 65.6 Å².